The van der Waals surface area contributed by atoms with Gasteiger partial charge < -0.3 is 14.6 Å². The lowest BCUT2D eigenvalue weighted by Crippen LogP contribution is -2.28. The Morgan fingerprint density at radius 2 is 2.04 bits per heavy atom. The van der Waals surface area contributed by atoms with Crippen LogP contribution in [0.5, 0.6) is 0 Å². The predicted octanol–water partition coefficient (Wildman–Crippen LogP) is 4.39. The van der Waals surface area contributed by atoms with Crippen LogP contribution in [0.15, 0.2) is 41.8 Å². The van der Waals surface area contributed by atoms with Crippen molar-refractivity contribution in [1.82, 2.24) is 4.57 Å². The highest BCUT2D eigenvalue weighted by atomic mass is 32.1. The summed E-state index contributed by atoms with van der Waals surface area (Å²) in [5.74, 6) is -0.585. The van der Waals surface area contributed by atoms with Crippen molar-refractivity contribution in [3.63, 3.8) is 0 Å². The van der Waals surface area contributed by atoms with E-state index in [1.165, 1.54) is 18.4 Å². The Morgan fingerprint density at radius 1 is 1.28 bits per heavy atom. The number of hydrogen-bond donors (Lipinski definition) is 1. The van der Waals surface area contributed by atoms with Gasteiger partial charge in [0.25, 0.3) is 0 Å². The van der Waals surface area contributed by atoms with Crippen LogP contribution in [-0.2, 0) is 9.53 Å². The molecule has 0 aliphatic rings. The first-order valence-electron chi connectivity index (χ1n) is 8.10. The molecule has 0 bridgehead atoms. The lowest BCUT2D eigenvalue weighted by molar-refractivity contribution is -0.119. The fourth-order valence-electron chi connectivity index (χ4n) is 2.93. The number of aryl methyl sites for hydroxylation is 1. The number of nitrogens with one attached hydrogen (secondary N) is 1. The van der Waals surface area contributed by atoms with Gasteiger partial charge in [-0.05, 0) is 42.5 Å². The molecule has 0 fully saturated rings. The van der Waals surface area contributed by atoms with E-state index in [9.17, 15) is 9.59 Å². The van der Waals surface area contributed by atoms with Crippen LogP contribution < -0.4 is 5.32 Å². The van der Waals surface area contributed by atoms with Gasteiger partial charge in [0.2, 0.25) is 5.91 Å². The summed E-state index contributed by atoms with van der Waals surface area (Å²) >= 11 is 1.51. The summed E-state index contributed by atoms with van der Waals surface area (Å²) in [4.78, 5) is 26.0. The average molecular weight is 356 g/mol. The number of methoxy groups -OCH3 is 1. The van der Waals surface area contributed by atoms with Gasteiger partial charge in [0.15, 0.2) is 0 Å². The maximum atomic E-state index is 12.9. The minimum Gasteiger partial charge on any atom is -0.464 e. The van der Waals surface area contributed by atoms with Crippen LogP contribution in [0.2, 0.25) is 0 Å². The van der Waals surface area contributed by atoms with Gasteiger partial charge in [-0.2, -0.15) is 0 Å². The number of rotatable bonds is 5. The maximum absolute atomic E-state index is 12.9. The molecule has 0 aliphatic carbocycles. The van der Waals surface area contributed by atoms with Gasteiger partial charge in [-0.25, -0.2) is 4.79 Å². The zero-order valence-electron chi connectivity index (χ0n) is 14.4. The molecule has 2 heterocycles. The third kappa shape index (κ3) is 3.17. The number of nitrogens with zero attached hydrogens (tertiary/aromatic N) is 1. The number of anilines is 1. The zero-order chi connectivity index (χ0) is 18.0. The summed E-state index contributed by atoms with van der Waals surface area (Å²) < 4.78 is 6.69. The molecule has 3 rings (SSSR count). The van der Waals surface area contributed by atoms with E-state index in [-0.39, 0.29) is 5.91 Å². The molecule has 1 atom stereocenters. The van der Waals surface area contributed by atoms with Crippen molar-refractivity contribution >= 4 is 39.1 Å². The van der Waals surface area contributed by atoms with Crippen LogP contribution in [0.25, 0.3) is 10.2 Å². The van der Waals surface area contributed by atoms with E-state index >= 15 is 0 Å². The van der Waals surface area contributed by atoms with Crippen LogP contribution in [0, 0.1) is 6.92 Å². The molecule has 6 heteroatoms. The van der Waals surface area contributed by atoms with Gasteiger partial charge in [-0.1, -0.05) is 25.1 Å². The van der Waals surface area contributed by atoms with Gasteiger partial charge in [0.05, 0.1) is 7.11 Å². The van der Waals surface area contributed by atoms with E-state index in [1.807, 2.05) is 49.6 Å². The van der Waals surface area contributed by atoms with E-state index in [1.54, 1.807) is 10.6 Å². The van der Waals surface area contributed by atoms with Crippen LogP contribution >= 0.6 is 11.3 Å². The number of aromatic nitrogens is 1. The standard InChI is InChI=1S/C19H20N2O3S/c1-4-15(17(22)20-14-8-6-5-7-12(14)2)21-16(19(23)24-3)11-13-9-10-25-18(13)21/h5-11,15H,4H2,1-3H3,(H,20,22). The minimum atomic E-state index is -0.496. The van der Waals surface area contributed by atoms with Crippen molar-refractivity contribution in [3.8, 4) is 0 Å². The number of carbonyl (C=O) groups is 2. The molecule has 130 valence electrons. The average Bonchev–Trinajstić information content (AvgIpc) is 3.19. The smallest absolute Gasteiger partial charge is 0.354 e. The second-order valence-electron chi connectivity index (χ2n) is 5.80. The predicted molar refractivity (Wildman–Crippen MR) is 100 cm³/mol. The van der Waals surface area contributed by atoms with E-state index < -0.39 is 12.0 Å². The van der Waals surface area contributed by atoms with Crippen LogP contribution in [-0.4, -0.2) is 23.6 Å². The summed E-state index contributed by atoms with van der Waals surface area (Å²) in [6.07, 6.45) is 0.559. The van der Waals surface area contributed by atoms with Crippen molar-refractivity contribution in [2.75, 3.05) is 12.4 Å². The molecule has 1 aromatic carbocycles. The zero-order valence-corrected chi connectivity index (χ0v) is 15.2. The number of carbonyl (C=O) groups excluding carboxylic acids is 2. The monoisotopic (exact) mass is 356 g/mol. The highest BCUT2D eigenvalue weighted by Crippen LogP contribution is 2.31. The summed E-state index contributed by atoms with van der Waals surface area (Å²) in [5.41, 5.74) is 2.17. The number of esters is 1. The SMILES string of the molecule is CCC(C(=O)Nc1ccccc1C)n1c(C(=O)OC)cc2ccsc21. The summed E-state index contributed by atoms with van der Waals surface area (Å²) in [6.45, 7) is 3.88. The number of fused-ring (bicyclic) bond motifs is 1. The van der Waals surface area contributed by atoms with Crippen molar-refractivity contribution in [3.05, 3.63) is 53.0 Å². The molecule has 0 saturated carbocycles. The summed E-state index contributed by atoms with van der Waals surface area (Å²) in [5, 5.41) is 5.87. The van der Waals surface area contributed by atoms with Crippen molar-refractivity contribution < 1.29 is 14.3 Å². The molecule has 0 aliphatic heterocycles. The molecule has 25 heavy (non-hydrogen) atoms. The van der Waals surface area contributed by atoms with E-state index in [0.717, 1.165) is 21.5 Å². The Kier molecular flexibility index (Phi) is 4.90. The molecule has 0 saturated heterocycles. The number of thiophene rings is 1. The Morgan fingerprint density at radius 3 is 2.72 bits per heavy atom. The van der Waals surface area contributed by atoms with Crippen LogP contribution in [0.4, 0.5) is 5.69 Å². The van der Waals surface area contributed by atoms with Crippen LogP contribution in [0.1, 0.15) is 35.4 Å². The second kappa shape index (κ2) is 7.11. The van der Waals surface area contributed by atoms with Gasteiger partial charge in [0, 0.05) is 11.1 Å². The quantitative estimate of drug-likeness (QED) is 0.690. The lowest BCUT2D eigenvalue weighted by Gasteiger charge is -2.20. The van der Waals surface area contributed by atoms with Gasteiger partial charge in [0.1, 0.15) is 16.6 Å². The number of amides is 1. The molecule has 1 unspecified atom stereocenters. The van der Waals surface area contributed by atoms with Crippen molar-refractivity contribution in [2.24, 2.45) is 0 Å². The topological polar surface area (TPSA) is 60.3 Å². The van der Waals surface area contributed by atoms with E-state index in [4.69, 9.17) is 4.74 Å². The van der Waals surface area contributed by atoms with Gasteiger partial charge >= 0.3 is 5.97 Å². The van der Waals surface area contributed by atoms with Crippen LogP contribution in [0.3, 0.4) is 0 Å². The molecule has 1 N–H and O–H groups in total. The third-order valence-corrected chi connectivity index (χ3v) is 5.17. The fraction of sp³-hybridized carbons (Fsp3) is 0.263. The van der Waals surface area contributed by atoms with Crippen molar-refractivity contribution in [1.29, 1.82) is 0 Å². The Labute approximate surface area is 150 Å². The first kappa shape index (κ1) is 17.2. The molecule has 0 radical (unpaired) electrons. The normalized spacial score (nSPS) is 12.1. The van der Waals surface area contributed by atoms with Gasteiger partial charge in [-0.15, -0.1) is 11.3 Å². The first-order chi connectivity index (χ1) is 12.1. The lowest BCUT2D eigenvalue weighted by atomic mass is 10.1. The van der Waals surface area contributed by atoms with E-state index in [2.05, 4.69) is 5.32 Å². The fourth-order valence-corrected chi connectivity index (χ4v) is 3.87. The van der Waals surface area contributed by atoms with Crippen molar-refractivity contribution in [2.45, 2.75) is 26.3 Å². The number of benzene rings is 1. The largest absolute Gasteiger partial charge is 0.464 e. The third-order valence-electron chi connectivity index (χ3n) is 4.24. The molecule has 2 aromatic heterocycles. The summed E-state index contributed by atoms with van der Waals surface area (Å²) in [6, 6.07) is 10.9. The Balaban J connectivity index is 2.01. The molecular weight excluding hydrogens is 336 g/mol. The molecular formula is C19H20N2O3S. The van der Waals surface area contributed by atoms with Gasteiger partial charge in [-0.3, -0.25) is 4.79 Å². The molecule has 0 spiro atoms. The molecule has 5 nitrogen and oxygen atoms in total. The summed E-state index contributed by atoms with van der Waals surface area (Å²) in [7, 11) is 1.35. The highest BCUT2D eigenvalue weighted by molar-refractivity contribution is 7.16. The Bertz CT molecular complexity index is 926. The highest BCUT2D eigenvalue weighted by Gasteiger charge is 2.27. The first-order valence-corrected chi connectivity index (χ1v) is 8.98. The molecule has 1 amide bonds. The second-order valence-corrected chi connectivity index (χ2v) is 6.70. The minimum absolute atomic E-state index is 0.146. The molecule has 3 aromatic rings. The maximum Gasteiger partial charge on any atom is 0.354 e. The number of ether oxygens (including phenoxy) is 1. The Hall–Kier alpha value is -2.60. The van der Waals surface area contributed by atoms with E-state index in [0.29, 0.717) is 12.1 Å². The number of hydrogen-bond acceptors (Lipinski definition) is 4. The number of para-hydroxylation sites is 1.